The van der Waals surface area contributed by atoms with Crippen molar-refractivity contribution >= 4 is 33.4 Å². The summed E-state index contributed by atoms with van der Waals surface area (Å²) in [5.74, 6) is 0.0967. The Balaban J connectivity index is 1.61. The average Bonchev–Trinajstić information content (AvgIpc) is 3.31. The number of para-hydroxylation sites is 2. The molecule has 0 saturated carbocycles. The standard InChI is InChI=1S/C26H23BrN4O3/c1-30(17-24(32)28-23-11-7-6-10-22(23)27)26(33)21-16-31(19-8-4-3-5-9-19)29-25(21)18-12-14-20(34-2)15-13-18/h3-16H,17H2,1-2H3,(H,28,32). The number of carbonyl (C=O) groups excluding carboxylic acids is 2. The van der Waals surface area contributed by atoms with Crippen LogP contribution in [0.4, 0.5) is 5.69 Å². The Morgan fingerprint density at radius 1 is 1.00 bits per heavy atom. The fourth-order valence-corrected chi connectivity index (χ4v) is 3.83. The predicted octanol–water partition coefficient (Wildman–Crippen LogP) is 5.02. The summed E-state index contributed by atoms with van der Waals surface area (Å²) < 4.78 is 7.68. The number of rotatable bonds is 7. The number of nitrogens with one attached hydrogen (secondary N) is 1. The molecule has 4 aromatic rings. The number of nitrogens with zero attached hydrogens (tertiary/aromatic N) is 3. The molecule has 0 aliphatic heterocycles. The first-order chi connectivity index (χ1) is 16.5. The lowest BCUT2D eigenvalue weighted by molar-refractivity contribution is -0.116. The van der Waals surface area contributed by atoms with Gasteiger partial charge in [-0.1, -0.05) is 30.3 Å². The largest absolute Gasteiger partial charge is 0.497 e. The van der Waals surface area contributed by atoms with Gasteiger partial charge < -0.3 is 15.0 Å². The molecule has 4 rings (SSSR count). The van der Waals surface area contributed by atoms with Gasteiger partial charge in [-0.25, -0.2) is 4.68 Å². The van der Waals surface area contributed by atoms with Crippen molar-refractivity contribution in [3.8, 4) is 22.7 Å². The SMILES string of the molecule is COc1ccc(-c2nn(-c3ccccc3)cc2C(=O)N(C)CC(=O)Nc2ccccc2Br)cc1. The van der Waals surface area contributed by atoms with Crippen LogP contribution >= 0.6 is 15.9 Å². The molecular weight excluding hydrogens is 496 g/mol. The maximum Gasteiger partial charge on any atom is 0.257 e. The molecule has 1 N–H and O–H groups in total. The number of hydrogen-bond acceptors (Lipinski definition) is 4. The van der Waals surface area contributed by atoms with Crippen LogP contribution < -0.4 is 10.1 Å². The average molecular weight is 519 g/mol. The van der Waals surface area contributed by atoms with Gasteiger partial charge in [0.2, 0.25) is 5.91 Å². The number of aromatic nitrogens is 2. The van der Waals surface area contributed by atoms with E-state index in [0.717, 1.165) is 15.7 Å². The highest BCUT2D eigenvalue weighted by atomic mass is 79.9. The third-order valence-corrected chi connectivity index (χ3v) is 5.90. The lowest BCUT2D eigenvalue weighted by Crippen LogP contribution is -2.35. The van der Waals surface area contributed by atoms with Crippen LogP contribution in [0, 0.1) is 0 Å². The number of ether oxygens (including phenoxy) is 1. The van der Waals surface area contributed by atoms with E-state index in [1.165, 1.54) is 4.90 Å². The van der Waals surface area contributed by atoms with Crippen molar-refractivity contribution in [2.75, 3.05) is 26.0 Å². The Bertz CT molecular complexity index is 1300. The fraction of sp³-hybridized carbons (Fsp3) is 0.115. The molecule has 0 bridgehead atoms. The molecule has 0 radical (unpaired) electrons. The van der Waals surface area contributed by atoms with E-state index in [0.29, 0.717) is 22.7 Å². The minimum absolute atomic E-state index is 0.112. The Hall–Kier alpha value is -3.91. The molecule has 0 saturated heterocycles. The van der Waals surface area contributed by atoms with Crippen LogP contribution in [0.3, 0.4) is 0 Å². The molecule has 2 amide bonds. The monoisotopic (exact) mass is 518 g/mol. The minimum atomic E-state index is -0.310. The van der Waals surface area contributed by atoms with Gasteiger partial charge in [0, 0.05) is 23.3 Å². The first-order valence-electron chi connectivity index (χ1n) is 10.6. The minimum Gasteiger partial charge on any atom is -0.497 e. The Morgan fingerprint density at radius 2 is 1.68 bits per heavy atom. The maximum atomic E-state index is 13.4. The van der Waals surface area contributed by atoms with Crippen LogP contribution in [0.2, 0.25) is 0 Å². The van der Waals surface area contributed by atoms with Gasteiger partial charge in [0.1, 0.15) is 11.4 Å². The van der Waals surface area contributed by atoms with E-state index in [2.05, 4.69) is 26.3 Å². The Labute approximate surface area is 206 Å². The number of anilines is 1. The number of carbonyl (C=O) groups is 2. The summed E-state index contributed by atoms with van der Waals surface area (Å²) in [7, 11) is 3.20. The molecule has 1 aromatic heterocycles. The number of likely N-dealkylation sites (N-methyl/N-ethyl adjacent to an activating group) is 1. The highest BCUT2D eigenvalue weighted by Gasteiger charge is 2.23. The summed E-state index contributed by atoms with van der Waals surface area (Å²) >= 11 is 3.41. The lowest BCUT2D eigenvalue weighted by atomic mass is 10.1. The van der Waals surface area contributed by atoms with Crippen LogP contribution in [0.1, 0.15) is 10.4 Å². The highest BCUT2D eigenvalue weighted by molar-refractivity contribution is 9.10. The maximum absolute atomic E-state index is 13.4. The molecule has 0 spiro atoms. The zero-order valence-corrected chi connectivity index (χ0v) is 20.3. The second kappa shape index (κ2) is 10.4. The molecule has 8 heteroatoms. The number of amides is 2. The van der Waals surface area contributed by atoms with Gasteiger partial charge >= 0.3 is 0 Å². The van der Waals surface area contributed by atoms with E-state index < -0.39 is 0 Å². The third-order valence-electron chi connectivity index (χ3n) is 5.20. The number of methoxy groups -OCH3 is 1. The summed E-state index contributed by atoms with van der Waals surface area (Å²) in [4.78, 5) is 27.4. The third kappa shape index (κ3) is 5.18. The summed E-state index contributed by atoms with van der Waals surface area (Å²) in [5, 5.41) is 7.51. The first kappa shape index (κ1) is 23.3. The van der Waals surface area contributed by atoms with E-state index in [4.69, 9.17) is 4.74 Å². The summed E-state index contributed by atoms with van der Waals surface area (Å²) in [6.45, 7) is -0.112. The molecule has 0 unspecified atom stereocenters. The van der Waals surface area contributed by atoms with Gasteiger partial charge in [0.15, 0.2) is 0 Å². The quantitative estimate of drug-likeness (QED) is 0.372. The second-order valence-electron chi connectivity index (χ2n) is 7.59. The molecular formula is C26H23BrN4O3. The molecule has 0 fully saturated rings. The van der Waals surface area contributed by atoms with Gasteiger partial charge in [0.25, 0.3) is 5.91 Å². The summed E-state index contributed by atoms with van der Waals surface area (Å²) in [6, 6.07) is 24.2. The zero-order chi connectivity index (χ0) is 24.1. The smallest absolute Gasteiger partial charge is 0.257 e. The van der Waals surface area contributed by atoms with Crippen molar-refractivity contribution in [3.63, 3.8) is 0 Å². The van der Waals surface area contributed by atoms with Crippen molar-refractivity contribution < 1.29 is 14.3 Å². The summed E-state index contributed by atoms with van der Waals surface area (Å²) in [5.41, 5.74) is 3.15. The van der Waals surface area contributed by atoms with Crippen LogP contribution in [0.15, 0.2) is 89.5 Å². The van der Waals surface area contributed by atoms with Crippen molar-refractivity contribution in [2.45, 2.75) is 0 Å². The van der Waals surface area contributed by atoms with Gasteiger partial charge in [-0.05, 0) is 64.5 Å². The van der Waals surface area contributed by atoms with E-state index >= 15 is 0 Å². The normalized spacial score (nSPS) is 10.6. The number of hydrogen-bond donors (Lipinski definition) is 1. The number of halogens is 1. The van der Waals surface area contributed by atoms with Crippen LogP contribution in [-0.2, 0) is 4.79 Å². The van der Waals surface area contributed by atoms with E-state index in [1.54, 1.807) is 31.1 Å². The molecule has 7 nitrogen and oxygen atoms in total. The van der Waals surface area contributed by atoms with Crippen LogP contribution in [0.25, 0.3) is 16.9 Å². The predicted molar refractivity (Wildman–Crippen MR) is 135 cm³/mol. The summed E-state index contributed by atoms with van der Waals surface area (Å²) in [6.07, 6.45) is 1.69. The zero-order valence-electron chi connectivity index (χ0n) is 18.7. The van der Waals surface area contributed by atoms with Gasteiger partial charge in [-0.2, -0.15) is 5.10 Å². The first-order valence-corrected chi connectivity index (χ1v) is 11.3. The number of benzene rings is 3. The van der Waals surface area contributed by atoms with Crippen molar-refractivity contribution in [2.24, 2.45) is 0 Å². The van der Waals surface area contributed by atoms with Crippen molar-refractivity contribution in [1.82, 2.24) is 14.7 Å². The molecule has 1 heterocycles. The van der Waals surface area contributed by atoms with Crippen LogP contribution in [0.5, 0.6) is 5.75 Å². The molecule has 0 aliphatic rings. The Morgan fingerprint density at radius 3 is 2.35 bits per heavy atom. The topological polar surface area (TPSA) is 76.5 Å². The fourth-order valence-electron chi connectivity index (χ4n) is 3.45. The molecule has 3 aromatic carbocycles. The van der Waals surface area contributed by atoms with Gasteiger partial charge in [-0.15, -0.1) is 0 Å². The van der Waals surface area contributed by atoms with E-state index in [-0.39, 0.29) is 18.4 Å². The van der Waals surface area contributed by atoms with Gasteiger partial charge in [-0.3, -0.25) is 9.59 Å². The van der Waals surface area contributed by atoms with Crippen LogP contribution in [-0.4, -0.2) is 47.2 Å². The molecule has 0 atom stereocenters. The van der Waals surface area contributed by atoms with Gasteiger partial charge in [0.05, 0.1) is 30.6 Å². The van der Waals surface area contributed by atoms with Crippen molar-refractivity contribution in [1.29, 1.82) is 0 Å². The Kier molecular flexibility index (Phi) is 7.08. The molecule has 0 aliphatic carbocycles. The van der Waals surface area contributed by atoms with E-state index in [1.807, 2.05) is 72.8 Å². The molecule has 34 heavy (non-hydrogen) atoms. The van der Waals surface area contributed by atoms with E-state index in [9.17, 15) is 9.59 Å². The lowest BCUT2D eigenvalue weighted by Gasteiger charge is -2.17. The molecule has 172 valence electrons. The highest BCUT2D eigenvalue weighted by Crippen LogP contribution is 2.27. The van der Waals surface area contributed by atoms with Crippen molar-refractivity contribution in [3.05, 3.63) is 95.1 Å². The second-order valence-corrected chi connectivity index (χ2v) is 8.44.